The van der Waals surface area contributed by atoms with Crippen molar-refractivity contribution < 1.29 is 8.78 Å². The first-order valence-corrected chi connectivity index (χ1v) is 5.81. The molecule has 0 fully saturated rings. The zero-order valence-electron chi connectivity index (χ0n) is 11.0. The standard InChI is InChI=1S/C13H16F2N4/c1-13(2,3)12-18-10(11(16)19(12)17)8-6-7(14)4-5-9(8)15/h4-6H,16-17H2,1-3H3. The van der Waals surface area contributed by atoms with Gasteiger partial charge in [0.2, 0.25) is 0 Å². The molecule has 1 aromatic heterocycles. The van der Waals surface area contributed by atoms with E-state index < -0.39 is 11.6 Å². The highest BCUT2D eigenvalue weighted by Crippen LogP contribution is 2.31. The molecule has 1 heterocycles. The van der Waals surface area contributed by atoms with Crippen LogP contribution >= 0.6 is 0 Å². The van der Waals surface area contributed by atoms with Gasteiger partial charge in [0.05, 0.1) is 0 Å². The second-order valence-electron chi connectivity index (χ2n) is 5.41. The number of benzene rings is 1. The van der Waals surface area contributed by atoms with Crippen LogP contribution in [0, 0.1) is 11.6 Å². The van der Waals surface area contributed by atoms with E-state index in [0.717, 1.165) is 18.2 Å². The van der Waals surface area contributed by atoms with E-state index in [0.29, 0.717) is 5.82 Å². The van der Waals surface area contributed by atoms with E-state index in [1.54, 1.807) is 0 Å². The number of halogens is 2. The number of aromatic nitrogens is 2. The molecular formula is C13H16F2N4. The van der Waals surface area contributed by atoms with Gasteiger partial charge in [-0.3, -0.25) is 0 Å². The van der Waals surface area contributed by atoms with Gasteiger partial charge in [-0.2, -0.15) is 0 Å². The van der Waals surface area contributed by atoms with Crippen LogP contribution < -0.4 is 11.6 Å². The summed E-state index contributed by atoms with van der Waals surface area (Å²) >= 11 is 0. The number of hydrogen-bond donors (Lipinski definition) is 2. The fourth-order valence-electron chi connectivity index (χ4n) is 1.85. The van der Waals surface area contributed by atoms with Crippen LogP contribution in [-0.4, -0.2) is 9.66 Å². The quantitative estimate of drug-likeness (QED) is 0.779. The third-order valence-corrected chi connectivity index (χ3v) is 2.80. The molecule has 0 amide bonds. The lowest BCUT2D eigenvalue weighted by molar-refractivity contribution is 0.532. The molecule has 6 heteroatoms. The SMILES string of the molecule is CC(C)(C)c1nc(-c2cc(F)ccc2F)c(N)n1N. The molecule has 0 bridgehead atoms. The molecule has 4 N–H and O–H groups in total. The second-order valence-corrected chi connectivity index (χ2v) is 5.41. The van der Waals surface area contributed by atoms with Gasteiger partial charge in [0, 0.05) is 11.0 Å². The molecule has 0 aliphatic carbocycles. The van der Waals surface area contributed by atoms with Crippen molar-refractivity contribution in [1.82, 2.24) is 9.66 Å². The molecule has 4 nitrogen and oxygen atoms in total. The maximum absolute atomic E-state index is 13.8. The highest BCUT2D eigenvalue weighted by atomic mass is 19.1. The van der Waals surface area contributed by atoms with E-state index in [1.165, 1.54) is 4.68 Å². The van der Waals surface area contributed by atoms with Crippen molar-refractivity contribution >= 4 is 5.82 Å². The third kappa shape index (κ3) is 2.25. The van der Waals surface area contributed by atoms with Gasteiger partial charge < -0.3 is 11.6 Å². The van der Waals surface area contributed by atoms with Gasteiger partial charge in [0.1, 0.15) is 23.2 Å². The van der Waals surface area contributed by atoms with Crippen LogP contribution in [-0.2, 0) is 5.41 Å². The normalized spacial score (nSPS) is 11.8. The van der Waals surface area contributed by atoms with Crippen molar-refractivity contribution in [3.8, 4) is 11.3 Å². The molecule has 2 aromatic rings. The summed E-state index contributed by atoms with van der Waals surface area (Å²) in [7, 11) is 0. The number of imidazole rings is 1. The first kappa shape index (κ1) is 13.3. The third-order valence-electron chi connectivity index (χ3n) is 2.80. The summed E-state index contributed by atoms with van der Waals surface area (Å²) in [6.07, 6.45) is 0. The van der Waals surface area contributed by atoms with Crippen LogP contribution in [0.5, 0.6) is 0 Å². The number of nitrogens with zero attached hydrogens (tertiary/aromatic N) is 2. The predicted octanol–water partition coefficient (Wildman–Crippen LogP) is 2.42. The van der Waals surface area contributed by atoms with Crippen LogP contribution in [0.1, 0.15) is 26.6 Å². The molecule has 0 saturated heterocycles. The predicted molar refractivity (Wildman–Crippen MR) is 70.8 cm³/mol. The summed E-state index contributed by atoms with van der Waals surface area (Å²) in [4.78, 5) is 4.26. The molecule has 0 spiro atoms. The summed E-state index contributed by atoms with van der Waals surface area (Å²) in [6.45, 7) is 5.72. The van der Waals surface area contributed by atoms with E-state index in [9.17, 15) is 8.78 Å². The average Bonchev–Trinajstić information content (AvgIpc) is 2.59. The Bertz CT molecular complexity index is 626. The van der Waals surface area contributed by atoms with Gasteiger partial charge in [-0.05, 0) is 18.2 Å². The van der Waals surface area contributed by atoms with Crippen molar-refractivity contribution in [2.24, 2.45) is 0 Å². The minimum absolute atomic E-state index is 0.00667. The molecule has 102 valence electrons. The first-order chi connectivity index (χ1) is 8.71. The highest BCUT2D eigenvalue weighted by Gasteiger charge is 2.25. The minimum atomic E-state index is -0.591. The summed E-state index contributed by atoms with van der Waals surface area (Å²) in [6, 6.07) is 3.13. The largest absolute Gasteiger partial charge is 0.382 e. The monoisotopic (exact) mass is 266 g/mol. The fraction of sp³-hybridized carbons (Fsp3) is 0.308. The lowest BCUT2D eigenvalue weighted by Gasteiger charge is -2.17. The van der Waals surface area contributed by atoms with Crippen LogP contribution in [0.25, 0.3) is 11.3 Å². The van der Waals surface area contributed by atoms with Gasteiger partial charge in [0.15, 0.2) is 5.82 Å². The molecule has 0 radical (unpaired) electrons. The maximum Gasteiger partial charge on any atom is 0.150 e. The van der Waals surface area contributed by atoms with Gasteiger partial charge in [-0.15, -0.1) is 0 Å². The zero-order chi connectivity index (χ0) is 14.4. The molecule has 19 heavy (non-hydrogen) atoms. The number of nitrogen functional groups attached to an aromatic ring is 2. The number of nitrogens with two attached hydrogens (primary N) is 2. The molecule has 0 unspecified atom stereocenters. The Morgan fingerprint density at radius 1 is 1.21 bits per heavy atom. The summed E-state index contributed by atoms with van der Waals surface area (Å²) in [5, 5.41) is 0. The van der Waals surface area contributed by atoms with Crippen molar-refractivity contribution in [1.29, 1.82) is 0 Å². The zero-order valence-corrected chi connectivity index (χ0v) is 11.0. The van der Waals surface area contributed by atoms with Gasteiger partial charge in [0.25, 0.3) is 0 Å². The van der Waals surface area contributed by atoms with Crippen molar-refractivity contribution in [3.05, 3.63) is 35.7 Å². The van der Waals surface area contributed by atoms with E-state index in [1.807, 2.05) is 20.8 Å². The summed E-state index contributed by atoms with van der Waals surface area (Å²) in [5.41, 5.74) is 5.64. The van der Waals surface area contributed by atoms with Gasteiger partial charge in [-0.1, -0.05) is 20.8 Å². The molecule has 0 aliphatic rings. The fourth-order valence-corrected chi connectivity index (χ4v) is 1.85. The Morgan fingerprint density at radius 3 is 2.37 bits per heavy atom. The molecule has 0 atom stereocenters. The Kier molecular flexibility index (Phi) is 2.96. The molecule has 0 saturated carbocycles. The van der Waals surface area contributed by atoms with Crippen LogP contribution in [0.2, 0.25) is 0 Å². The van der Waals surface area contributed by atoms with Crippen molar-refractivity contribution in [2.45, 2.75) is 26.2 Å². The first-order valence-electron chi connectivity index (χ1n) is 5.81. The van der Waals surface area contributed by atoms with E-state index in [4.69, 9.17) is 11.6 Å². The minimum Gasteiger partial charge on any atom is -0.382 e. The van der Waals surface area contributed by atoms with Gasteiger partial charge in [-0.25, -0.2) is 18.4 Å². The van der Waals surface area contributed by atoms with E-state index >= 15 is 0 Å². The lowest BCUT2D eigenvalue weighted by atomic mass is 9.96. The Morgan fingerprint density at radius 2 is 1.84 bits per heavy atom. The number of rotatable bonds is 1. The average molecular weight is 266 g/mol. The van der Waals surface area contributed by atoms with E-state index in [2.05, 4.69) is 4.98 Å². The number of anilines is 1. The highest BCUT2D eigenvalue weighted by molar-refractivity contribution is 5.71. The van der Waals surface area contributed by atoms with Crippen LogP contribution in [0.15, 0.2) is 18.2 Å². The second kappa shape index (κ2) is 4.22. The smallest absolute Gasteiger partial charge is 0.150 e. The molecule has 2 rings (SSSR count). The molecule has 0 aliphatic heterocycles. The maximum atomic E-state index is 13.8. The number of hydrogen-bond acceptors (Lipinski definition) is 3. The van der Waals surface area contributed by atoms with Crippen molar-refractivity contribution in [2.75, 3.05) is 11.6 Å². The Labute approximate surface area is 110 Å². The Balaban J connectivity index is 2.67. The van der Waals surface area contributed by atoms with Crippen molar-refractivity contribution in [3.63, 3.8) is 0 Å². The Hall–Kier alpha value is -2.11. The van der Waals surface area contributed by atoms with Crippen LogP contribution in [0.3, 0.4) is 0 Å². The lowest BCUT2D eigenvalue weighted by Crippen LogP contribution is -2.24. The van der Waals surface area contributed by atoms with Crippen LogP contribution in [0.4, 0.5) is 14.6 Å². The van der Waals surface area contributed by atoms with E-state index in [-0.39, 0.29) is 22.5 Å². The molecule has 1 aromatic carbocycles. The summed E-state index contributed by atoms with van der Waals surface area (Å²) < 4.78 is 28.2. The molecular weight excluding hydrogens is 250 g/mol. The summed E-state index contributed by atoms with van der Waals surface area (Å²) in [5.74, 6) is 5.29. The van der Waals surface area contributed by atoms with Gasteiger partial charge >= 0.3 is 0 Å². The topological polar surface area (TPSA) is 69.9 Å².